The molecule has 2 aromatic rings. The average Bonchev–Trinajstić information content (AvgIpc) is 3.20. The summed E-state index contributed by atoms with van der Waals surface area (Å²) in [4.78, 5) is 13.9. The third kappa shape index (κ3) is 5.14. The van der Waals surface area contributed by atoms with Crippen LogP contribution in [0, 0.1) is 0 Å². The maximum Gasteiger partial charge on any atom is 0.573 e. The molecular weight excluding hydrogens is 387 g/mol. The van der Waals surface area contributed by atoms with E-state index >= 15 is 0 Å². The van der Waals surface area contributed by atoms with Gasteiger partial charge in [-0.25, -0.2) is 0 Å². The Balaban J connectivity index is 1.61. The van der Waals surface area contributed by atoms with Crippen LogP contribution in [-0.2, 0) is 10.5 Å². The number of alkyl halides is 3. The first-order valence-corrected chi connectivity index (χ1v) is 9.99. The highest BCUT2D eigenvalue weighted by atomic mass is 32.2. The highest BCUT2D eigenvalue weighted by Gasteiger charge is 2.34. The predicted octanol–water partition coefficient (Wildman–Crippen LogP) is 4.69. The molecule has 1 aromatic heterocycles. The van der Waals surface area contributed by atoms with Crippen LogP contribution >= 0.6 is 23.5 Å². The van der Waals surface area contributed by atoms with Gasteiger partial charge in [-0.2, -0.15) is 11.8 Å². The Labute approximate surface area is 157 Å². The molecule has 1 aromatic carbocycles. The van der Waals surface area contributed by atoms with Crippen molar-refractivity contribution in [2.45, 2.75) is 17.5 Å². The number of rotatable bonds is 7. The number of hydrogen-bond donors (Lipinski definition) is 0. The monoisotopic (exact) mass is 403 g/mol. The van der Waals surface area contributed by atoms with Gasteiger partial charge in [-0.15, -0.1) is 24.9 Å². The Morgan fingerprint density at radius 3 is 2.88 bits per heavy atom. The lowest BCUT2D eigenvalue weighted by molar-refractivity contribution is -0.274. The minimum absolute atomic E-state index is 0.0132. The number of carbonyl (C=O) groups excluding carboxylic acids is 1. The van der Waals surface area contributed by atoms with E-state index in [1.165, 1.54) is 30.0 Å². The second kappa shape index (κ2) is 8.30. The Bertz CT molecular complexity index is 737. The second-order valence-electron chi connectivity index (χ2n) is 5.50. The number of thioether (sulfide) groups is 2. The van der Waals surface area contributed by atoms with Crippen LogP contribution < -0.4 is 4.74 Å². The second-order valence-corrected chi connectivity index (χ2v) is 7.68. The molecule has 0 N–H and O–H groups in total. The molecule has 1 fully saturated rings. The van der Waals surface area contributed by atoms with Crippen LogP contribution in [-0.4, -0.2) is 35.2 Å². The van der Waals surface area contributed by atoms with Gasteiger partial charge in [-0.05, 0) is 29.8 Å². The number of amides is 1. The van der Waals surface area contributed by atoms with Gasteiger partial charge in [0, 0.05) is 12.3 Å². The highest BCUT2D eigenvalue weighted by molar-refractivity contribution is 8.00. The maximum atomic E-state index is 12.4. The number of ether oxygens (including phenoxy) is 1. The van der Waals surface area contributed by atoms with Crippen molar-refractivity contribution in [2.75, 3.05) is 18.1 Å². The van der Waals surface area contributed by atoms with E-state index in [4.69, 9.17) is 4.42 Å². The lowest BCUT2D eigenvalue weighted by atomic mass is 10.2. The minimum Gasteiger partial charge on any atom is -0.468 e. The molecule has 1 atom stereocenters. The van der Waals surface area contributed by atoms with Gasteiger partial charge in [0.05, 0.1) is 17.8 Å². The van der Waals surface area contributed by atoms with Gasteiger partial charge < -0.3 is 14.1 Å². The molecule has 0 aliphatic carbocycles. The van der Waals surface area contributed by atoms with Gasteiger partial charge >= 0.3 is 6.36 Å². The molecule has 1 amide bonds. The Hall–Kier alpha value is -1.74. The lowest BCUT2D eigenvalue weighted by Crippen LogP contribution is -2.30. The van der Waals surface area contributed by atoms with Crippen LogP contribution in [0.5, 0.6) is 5.75 Å². The summed E-state index contributed by atoms with van der Waals surface area (Å²) in [5.41, 5.74) is 0.624. The topological polar surface area (TPSA) is 42.7 Å². The van der Waals surface area contributed by atoms with Crippen LogP contribution in [0.15, 0.2) is 47.1 Å². The smallest absolute Gasteiger partial charge is 0.468 e. The SMILES string of the molecule is O=C1CSC(c2cccc(OC(F)(F)F)c2)N1CCSCc1ccco1. The average molecular weight is 403 g/mol. The summed E-state index contributed by atoms with van der Waals surface area (Å²) in [6, 6.07) is 9.52. The molecular formula is C17H16F3NO3S2. The van der Waals surface area contributed by atoms with Crippen molar-refractivity contribution in [2.24, 2.45) is 0 Å². The van der Waals surface area contributed by atoms with Crippen molar-refractivity contribution >= 4 is 29.4 Å². The van der Waals surface area contributed by atoms with Gasteiger partial charge in [0.25, 0.3) is 0 Å². The molecule has 2 heterocycles. The van der Waals surface area contributed by atoms with Crippen molar-refractivity contribution < 1.29 is 27.1 Å². The fourth-order valence-electron chi connectivity index (χ4n) is 2.57. The fraction of sp³-hybridized carbons (Fsp3) is 0.353. The maximum absolute atomic E-state index is 12.4. The van der Waals surface area contributed by atoms with Gasteiger partial charge in [0.1, 0.15) is 16.9 Å². The van der Waals surface area contributed by atoms with Gasteiger partial charge in [0.15, 0.2) is 0 Å². The molecule has 1 saturated heterocycles. The third-order valence-corrected chi connectivity index (χ3v) is 5.86. The van der Waals surface area contributed by atoms with Crippen LogP contribution in [0.3, 0.4) is 0 Å². The van der Waals surface area contributed by atoms with Crippen molar-refractivity contribution in [1.29, 1.82) is 0 Å². The summed E-state index contributed by atoms with van der Waals surface area (Å²) in [5, 5.41) is -0.302. The van der Waals surface area contributed by atoms with Crippen molar-refractivity contribution in [1.82, 2.24) is 4.90 Å². The van der Waals surface area contributed by atoms with E-state index < -0.39 is 6.36 Å². The quantitative estimate of drug-likeness (QED) is 0.628. The Morgan fingerprint density at radius 2 is 2.15 bits per heavy atom. The summed E-state index contributed by atoms with van der Waals surface area (Å²) >= 11 is 3.04. The lowest BCUT2D eigenvalue weighted by Gasteiger charge is -2.24. The number of nitrogens with zero attached hydrogens (tertiary/aromatic N) is 1. The number of benzene rings is 1. The Morgan fingerprint density at radius 1 is 1.31 bits per heavy atom. The molecule has 0 radical (unpaired) electrons. The van der Waals surface area contributed by atoms with E-state index in [9.17, 15) is 18.0 Å². The van der Waals surface area contributed by atoms with Crippen LogP contribution in [0.1, 0.15) is 16.7 Å². The van der Waals surface area contributed by atoms with E-state index in [2.05, 4.69) is 4.74 Å². The van der Waals surface area contributed by atoms with Gasteiger partial charge in [0.2, 0.25) is 5.91 Å². The van der Waals surface area contributed by atoms with Gasteiger partial charge in [-0.1, -0.05) is 12.1 Å². The van der Waals surface area contributed by atoms with Crippen LogP contribution in [0.25, 0.3) is 0 Å². The highest BCUT2D eigenvalue weighted by Crippen LogP contribution is 2.40. The molecule has 4 nitrogen and oxygen atoms in total. The first kappa shape index (κ1) is 19.0. The van der Waals surface area contributed by atoms with E-state index in [0.717, 1.165) is 5.76 Å². The first-order chi connectivity index (χ1) is 12.4. The zero-order chi connectivity index (χ0) is 18.6. The van der Waals surface area contributed by atoms with E-state index in [0.29, 0.717) is 29.4 Å². The number of furan rings is 1. The van der Waals surface area contributed by atoms with E-state index in [1.807, 2.05) is 12.1 Å². The van der Waals surface area contributed by atoms with E-state index in [1.54, 1.807) is 29.0 Å². The zero-order valence-electron chi connectivity index (χ0n) is 13.6. The molecule has 0 saturated carbocycles. The summed E-state index contributed by atoms with van der Waals surface area (Å²) in [7, 11) is 0. The van der Waals surface area contributed by atoms with Gasteiger partial charge in [-0.3, -0.25) is 4.79 Å². The van der Waals surface area contributed by atoms with Crippen molar-refractivity contribution in [3.63, 3.8) is 0 Å². The molecule has 1 unspecified atom stereocenters. The number of halogens is 3. The molecule has 9 heteroatoms. The van der Waals surface area contributed by atoms with Crippen LogP contribution in [0.4, 0.5) is 13.2 Å². The normalized spacial score (nSPS) is 17.7. The largest absolute Gasteiger partial charge is 0.573 e. The summed E-state index contributed by atoms with van der Waals surface area (Å²) in [5.74, 6) is 2.32. The van der Waals surface area contributed by atoms with Crippen LogP contribution in [0.2, 0.25) is 0 Å². The van der Waals surface area contributed by atoms with Crippen molar-refractivity contribution in [3.8, 4) is 5.75 Å². The minimum atomic E-state index is -4.74. The van der Waals surface area contributed by atoms with E-state index in [-0.39, 0.29) is 17.0 Å². The Kier molecular flexibility index (Phi) is 6.08. The number of hydrogen-bond acceptors (Lipinski definition) is 5. The summed E-state index contributed by atoms with van der Waals surface area (Å²) in [6.07, 6.45) is -3.12. The molecule has 26 heavy (non-hydrogen) atoms. The zero-order valence-corrected chi connectivity index (χ0v) is 15.2. The summed E-state index contributed by atoms with van der Waals surface area (Å²) in [6.45, 7) is 0.520. The predicted molar refractivity (Wildman–Crippen MR) is 94.9 cm³/mol. The fourth-order valence-corrected chi connectivity index (χ4v) is 4.61. The number of carbonyl (C=O) groups is 1. The molecule has 0 spiro atoms. The molecule has 3 rings (SSSR count). The summed E-state index contributed by atoms with van der Waals surface area (Å²) < 4.78 is 46.5. The molecule has 140 valence electrons. The molecule has 1 aliphatic rings. The third-order valence-electron chi connectivity index (χ3n) is 3.65. The standard InChI is InChI=1S/C17H16F3NO3S2/c18-17(19,20)24-13-4-1-3-12(9-13)16-21(15(22)11-26-16)6-8-25-10-14-5-2-7-23-14/h1-5,7,9,16H,6,8,10-11H2. The first-order valence-electron chi connectivity index (χ1n) is 7.79. The van der Waals surface area contributed by atoms with Crippen molar-refractivity contribution in [3.05, 3.63) is 54.0 Å². The molecule has 1 aliphatic heterocycles. The molecule has 0 bridgehead atoms.